The van der Waals surface area contributed by atoms with Gasteiger partial charge in [-0.15, -0.1) is 0 Å². The highest BCUT2D eigenvalue weighted by Gasteiger charge is 2.25. The molecule has 0 aliphatic heterocycles. The Morgan fingerprint density at radius 2 is 2.08 bits per heavy atom. The van der Waals surface area contributed by atoms with E-state index in [-0.39, 0.29) is 29.1 Å². The number of amides is 2. The van der Waals surface area contributed by atoms with E-state index in [1.807, 2.05) is 0 Å². The number of esters is 1. The molecule has 2 rings (SSSR count). The van der Waals surface area contributed by atoms with E-state index in [4.69, 9.17) is 16.3 Å². The van der Waals surface area contributed by atoms with Gasteiger partial charge in [-0.3, -0.25) is 19.7 Å². The van der Waals surface area contributed by atoms with Crippen LogP contribution in [0.15, 0.2) is 18.2 Å². The van der Waals surface area contributed by atoms with Gasteiger partial charge in [-0.2, -0.15) is 0 Å². The maximum absolute atomic E-state index is 12.0. The zero-order valence-corrected chi connectivity index (χ0v) is 14.1. The molecule has 134 valence electrons. The maximum atomic E-state index is 12.0. The lowest BCUT2D eigenvalue weighted by Crippen LogP contribution is -2.40. The number of hydrogen-bond donors (Lipinski definition) is 1. The third-order valence-electron chi connectivity index (χ3n) is 3.45. The van der Waals surface area contributed by atoms with Gasteiger partial charge in [0.2, 0.25) is 5.91 Å². The van der Waals surface area contributed by atoms with Crippen LogP contribution in [-0.4, -0.2) is 53.8 Å². The molecule has 0 unspecified atom stereocenters. The Morgan fingerprint density at radius 3 is 2.68 bits per heavy atom. The fourth-order valence-corrected chi connectivity index (χ4v) is 2.11. The van der Waals surface area contributed by atoms with Crippen LogP contribution in [0.5, 0.6) is 0 Å². The van der Waals surface area contributed by atoms with Crippen molar-refractivity contribution in [1.29, 1.82) is 0 Å². The Bertz CT molecular complexity index is 719. The molecule has 0 radical (unpaired) electrons. The summed E-state index contributed by atoms with van der Waals surface area (Å²) >= 11 is 5.67. The van der Waals surface area contributed by atoms with Crippen molar-refractivity contribution in [3.63, 3.8) is 0 Å². The summed E-state index contributed by atoms with van der Waals surface area (Å²) in [4.78, 5) is 46.8. The molecule has 1 saturated carbocycles. The van der Waals surface area contributed by atoms with Crippen LogP contribution in [0.2, 0.25) is 5.02 Å². The summed E-state index contributed by atoms with van der Waals surface area (Å²) in [6.45, 7) is -0.792. The molecule has 1 aromatic carbocycles. The Hall–Kier alpha value is -2.68. The number of benzene rings is 1. The first-order valence-electron chi connectivity index (χ1n) is 7.42. The number of likely N-dealkylation sites (N-methyl/N-ethyl adjacent to an activating group) is 1. The molecule has 0 atom stereocenters. The van der Waals surface area contributed by atoms with E-state index in [9.17, 15) is 24.5 Å². The highest BCUT2D eigenvalue weighted by atomic mass is 35.5. The van der Waals surface area contributed by atoms with E-state index in [1.54, 1.807) is 0 Å². The van der Waals surface area contributed by atoms with Crippen LogP contribution < -0.4 is 5.32 Å². The Kier molecular flexibility index (Phi) is 5.92. The quantitative estimate of drug-likeness (QED) is 0.437. The van der Waals surface area contributed by atoms with Crippen molar-refractivity contribution in [2.75, 3.05) is 20.2 Å². The van der Waals surface area contributed by atoms with Gasteiger partial charge in [0, 0.05) is 24.2 Å². The number of carbonyl (C=O) groups is 3. The average Bonchev–Trinajstić information content (AvgIpc) is 3.35. The summed E-state index contributed by atoms with van der Waals surface area (Å²) in [6, 6.07) is 3.66. The van der Waals surface area contributed by atoms with Crippen molar-refractivity contribution in [2.24, 2.45) is 0 Å². The molecular formula is C15H16ClN3O6. The average molecular weight is 370 g/mol. The molecule has 25 heavy (non-hydrogen) atoms. The van der Waals surface area contributed by atoms with Gasteiger partial charge in [-0.05, 0) is 25.0 Å². The summed E-state index contributed by atoms with van der Waals surface area (Å²) in [5, 5.41) is 13.8. The summed E-state index contributed by atoms with van der Waals surface area (Å²) in [5.41, 5.74) is -0.821. The Balaban J connectivity index is 1.89. The van der Waals surface area contributed by atoms with Crippen molar-refractivity contribution >= 4 is 35.1 Å². The van der Waals surface area contributed by atoms with Gasteiger partial charge in [-0.1, -0.05) is 11.6 Å². The normalized spacial score (nSPS) is 13.0. The van der Waals surface area contributed by atoms with Crippen LogP contribution in [0, 0.1) is 10.1 Å². The fourth-order valence-electron chi connectivity index (χ4n) is 1.95. The molecule has 1 N–H and O–H groups in total. The minimum absolute atomic E-state index is 0.0979. The fraction of sp³-hybridized carbons (Fsp3) is 0.400. The predicted octanol–water partition coefficient (Wildman–Crippen LogP) is 1.14. The van der Waals surface area contributed by atoms with Crippen LogP contribution in [0.25, 0.3) is 0 Å². The van der Waals surface area contributed by atoms with Gasteiger partial charge < -0.3 is 15.0 Å². The molecule has 0 heterocycles. The number of hydrogen-bond acceptors (Lipinski definition) is 6. The van der Waals surface area contributed by atoms with E-state index in [0.29, 0.717) is 0 Å². The third kappa shape index (κ3) is 5.42. The van der Waals surface area contributed by atoms with E-state index in [2.05, 4.69) is 5.32 Å². The van der Waals surface area contributed by atoms with Crippen LogP contribution in [-0.2, 0) is 14.3 Å². The van der Waals surface area contributed by atoms with Crippen LogP contribution in [0.1, 0.15) is 23.2 Å². The third-order valence-corrected chi connectivity index (χ3v) is 3.69. The molecule has 0 saturated heterocycles. The molecule has 9 nitrogen and oxygen atoms in total. The number of carbonyl (C=O) groups excluding carboxylic acids is 3. The summed E-state index contributed by atoms with van der Waals surface area (Å²) in [5.74, 6) is -1.92. The summed E-state index contributed by atoms with van der Waals surface area (Å²) < 4.78 is 4.81. The standard InChI is InChI=1S/C15H16ClN3O6/c1-18(7-13(20)17-10-3-4-10)14(21)8-25-15(22)11-5-2-9(16)6-12(11)19(23)24/h2,5-6,10H,3-4,7-8H2,1H3,(H,17,20). The lowest BCUT2D eigenvalue weighted by Gasteiger charge is -2.16. The minimum atomic E-state index is -1.02. The van der Waals surface area contributed by atoms with E-state index < -0.39 is 29.1 Å². The van der Waals surface area contributed by atoms with Crippen LogP contribution >= 0.6 is 11.6 Å². The van der Waals surface area contributed by atoms with Crippen LogP contribution in [0.3, 0.4) is 0 Å². The van der Waals surface area contributed by atoms with Crippen LogP contribution in [0.4, 0.5) is 5.69 Å². The first-order valence-corrected chi connectivity index (χ1v) is 7.80. The van der Waals surface area contributed by atoms with Crippen molar-refractivity contribution in [2.45, 2.75) is 18.9 Å². The van der Waals surface area contributed by atoms with Crippen molar-refractivity contribution < 1.29 is 24.0 Å². The summed E-state index contributed by atoms with van der Waals surface area (Å²) in [6.07, 6.45) is 1.86. The van der Waals surface area contributed by atoms with Crippen molar-refractivity contribution in [3.05, 3.63) is 38.9 Å². The predicted molar refractivity (Wildman–Crippen MR) is 87.2 cm³/mol. The van der Waals surface area contributed by atoms with Crippen molar-refractivity contribution in [1.82, 2.24) is 10.2 Å². The molecular weight excluding hydrogens is 354 g/mol. The molecule has 1 aliphatic carbocycles. The molecule has 1 fully saturated rings. The zero-order chi connectivity index (χ0) is 18.6. The van der Waals surface area contributed by atoms with Crippen molar-refractivity contribution in [3.8, 4) is 0 Å². The minimum Gasteiger partial charge on any atom is -0.452 e. The smallest absolute Gasteiger partial charge is 0.345 e. The lowest BCUT2D eigenvalue weighted by atomic mass is 10.2. The number of nitro benzene ring substituents is 1. The SMILES string of the molecule is CN(CC(=O)NC1CC1)C(=O)COC(=O)c1ccc(Cl)cc1[N+](=O)[O-]. The molecule has 10 heteroatoms. The molecule has 2 amide bonds. The number of nitrogens with one attached hydrogen (secondary N) is 1. The Labute approximate surface area is 148 Å². The highest BCUT2D eigenvalue weighted by molar-refractivity contribution is 6.31. The largest absolute Gasteiger partial charge is 0.452 e. The molecule has 0 aromatic heterocycles. The first-order chi connectivity index (χ1) is 11.8. The number of nitro groups is 1. The number of rotatable bonds is 7. The first kappa shape index (κ1) is 18.7. The Morgan fingerprint density at radius 1 is 1.40 bits per heavy atom. The summed E-state index contributed by atoms with van der Waals surface area (Å²) in [7, 11) is 1.40. The van der Waals surface area contributed by atoms with Gasteiger partial charge in [0.25, 0.3) is 11.6 Å². The molecule has 0 spiro atoms. The zero-order valence-electron chi connectivity index (χ0n) is 13.4. The second kappa shape index (κ2) is 7.93. The van der Waals surface area contributed by atoms with E-state index in [0.717, 1.165) is 29.9 Å². The topological polar surface area (TPSA) is 119 Å². The second-order valence-corrected chi connectivity index (χ2v) is 6.02. The lowest BCUT2D eigenvalue weighted by molar-refractivity contribution is -0.385. The van der Waals surface area contributed by atoms with E-state index >= 15 is 0 Å². The van der Waals surface area contributed by atoms with E-state index in [1.165, 1.54) is 13.1 Å². The van der Waals surface area contributed by atoms with Gasteiger partial charge in [-0.25, -0.2) is 4.79 Å². The molecule has 1 aliphatic rings. The second-order valence-electron chi connectivity index (χ2n) is 5.59. The number of ether oxygens (including phenoxy) is 1. The number of nitrogens with zero attached hydrogens (tertiary/aromatic N) is 2. The number of halogens is 1. The maximum Gasteiger partial charge on any atom is 0.345 e. The molecule has 0 bridgehead atoms. The highest BCUT2D eigenvalue weighted by Crippen LogP contribution is 2.23. The van der Waals surface area contributed by atoms with Gasteiger partial charge in [0.05, 0.1) is 11.5 Å². The van der Waals surface area contributed by atoms with Gasteiger partial charge >= 0.3 is 5.97 Å². The monoisotopic (exact) mass is 369 g/mol. The van der Waals surface area contributed by atoms with Gasteiger partial charge in [0.15, 0.2) is 6.61 Å². The molecule has 1 aromatic rings. The van der Waals surface area contributed by atoms with Gasteiger partial charge in [0.1, 0.15) is 5.56 Å².